The van der Waals surface area contributed by atoms with Crippen LogP contribution in [0, 0.1) is 5.82 Å². The molecule has 0 bridgehead atoms. The summed E-state index contributed by atoms with van der Waals surface area (Å²) in [5.74, 6) is -4.76. The first-order valence-corrected chi connectivity index (χ1v) is 6.63. The summed E-state index contributed by atoms with van der Waals surface area (Å²) >= 11 is -0.510. The van der Waals surface area contributed by atoms with E-state index in [0.717, 1.165) is 12.1 Å². The molecule has 0 fully saturated rings. The van der Waals surface area contributed by atoms with E-state index in [1.807, 2.05) is 0 Å². The summed E-state index contributed by atoms with van der Waals surface area (Å²) < 4.78 is 48.4. The van der Waals surface area contributed by atoms with Crippen molar-refractivity contribution in [2.24, 2.45) is 0 Å². The minimum absolute atomic E-state index is 0.243. The van der Waals surface area contributed by atoms with Gasteiger partial charge in [-0.3, -0.25) is 9.59 Å². The van der Waals surface area contributed by atoms with Crippen molar-refractivity contribution in [3.63, 3.8) is 0 Å². The van der Waals surface area contributed by atoms with Gasteiger partial charge in [-0.1, -0.05) is 12.1 Å². The van der Waals surface area contributed by atoms with Gasteiger partial charge in [0.1, 0.15) is 5.82 Å². The molecule has 4 nitrogen and oxygen atoms in total. The van der Waals surface area contributed by atoms with Crippen LogP contribution in [0.15, 0.2) is 24.3 Å². The van der Waals surface area contributed by atoms with Crippen LogP contribution in [0.3, 0.4) is 0 Å². The molecule has 1 atom stereocenters. The van der Waals surface area contributed by atoms with Crippen LogP contribution in [0.1, 0.15) is 11.5 Å². The summed E-state index contributed by atoms with van der Waals surface area (Å²) in [5.41, 5.74) is -4.28. The van der Waals surface area contributed by atoms with E-state index < -0.39 is 46.6 Å². The number of carboxylic acids is 1. The molecule has 1 amide bonds. The predicted octanol–water partition coefficient (Wildman–Crippen LogP) is 2.36. The van der Waals surface area contributed by atoms with Crippen molar-refractivity contribution in [3.05, 3.63) is 35.6 Å². The number of hydrogen-bond acceptors (Lipinski definition) is 3. The molecule has 1 aromatic carbocycles. The lowest BCUT2D eigenvalue weighted by Gasteiger charge is -2.14. The van der Waals surface area contributed by atoms with Crippen molar-refractivity contribution in [1.29, 1.82) is 0 Å². The van der Waals surface area contributed by atoms with Crippen LogP contribution < -0.4 is 5.32 Å². The number of hydrogen-bond donors (Lipinski definition) is 2. The minimum atomic E-state index is -4.53. The lowest BCUT2D eigenvalue weighted by Crippen LogP contribution is -2.33. The summed E-state index contributed by atoms with van der Waals surface area (Å²) in [4.78, 5) is 22.3. The molecule has 116 valence electrons. The quantitative estimate of drug-likeness (QED) is 0.788. The number of alkyl halides is 3. The summed E-state index contributed by atoms with van der Waals surface area (Å²) in [6.07, 6.45) is 0. The first kappa shape index (κ1) is 17.3. The third-order valence-corrected chi connectivity index (χ3v) is 3.17. The van der Waals surface area contributed by atoms with E-state index in [-0.39, 0.29) is 12.1 Å². The number of carboxylic acid groups (broad SMARTS) is 1. The van der Waals surface area contributed by atoms with Crippen LogP contribution in [0.25, 0.3) is 0 Å². The molecule has 1 rings (SSSR count). The fourth-order valence-corrected chi connectivity index (χ4v) is 1.85. The average Bonchev–Trinajstić information content (AvgIpc) is 2.37. The SMILES string of the molecule is O=C(CSC(F)(F)F)NCC(C(=O)O)c1ccc(F)cc1. The van der Waals surface area contributed by atoms with Gasteiger partial charge >= 0.3 is 11.5 Å². The number of rotatable bonds is 6. The maximum absolute atomic E-state index is 12.8. The van der Waals surface area contributed by atoms with E-state index >= 15 is 0 Å². The van der Waals surface area contributed by atoms with E-state index in [1.165, 1.54) is 12.1 Å². The zero-order valence-electron chi connectivity index (χ0n) is 10.5. The fourth-order valence-electron chi connectivity index (χ4n) is 1.46. The molecule has 1 unspecified atom stereocenters. The molecule has 0 radical (unpaired) electrons. The number of halogens is 4. The number of nitrogens with one attached hydrogen (secondary N) is 1. The molecule has 1 aromatic rings. The molecule has 0 heterocycles. The fraction of sp³-hybridized carbons (Fsp3) is 0.333. The number of benzene rings is 1. The van der Waals surface area contributed by atoms with Crippen molar-refractivity contribution in [2.75, 3.05) is 12.3 Å². The van der Waals surface area contributed by atoms with Crippen LogP contribution >= 0.6 is 11.8 Å². The molecule has 2 N–H and O–H groups in total. The lowest BCUT2D eigenvalue weighted by atomic mass is 9.99. The zero-order valence-corrected chi connectivity index (χ0v) is 11.3. The molecular weight excluding hydrogens is 314 g/mol. The molecule has 0 aliphatic heterocycles. The largest absolute Gasteiger partial charge is 0.481 e. The molecule has 0 spiro atoms. The molecule has 0 aromatic heterocycles. The third kappa shape index (κ3) is 6.48. The molecule has 9 heteroatoms. The highest BCUT2D eigenvalue weighted by molar-refractivity contribution is 8.00. The smallest absolute Gasteiger partial charge is 0.442 e. The van der Waals surface area contributed by atoms with Gasteiger partial charge in [-0.25, -0.2) is 4.39 Å². The zero-order chi connectivity index (χ0) is 16.0. The number of carbonyl (C=O) groups excluding carboxylic acids is 1. The van der Waals surface area contributed by atoms with Crippen molar-refractivity contribution in [3.8, 4) is 0 Å². The van der Waals surface area contributed by atoms with Gasteiger partial charge in [0.25, 0.3) is 0 Å². The highest BCUT2D eigenvalue weighted by atomic mass is 32.2. The van der Waals surface area contributed by atoms with Gasteiger partial charge in [0, 0.05) is 6.54 Å². The van der Waals surface area contributed by atoms with Gasteiger partial charge < -0.3 is 10.4 Å². The Bertz CT molecular complexity index is 504. The maximum Gasteiger partial charge on any atom is 0.442 e. The molecule has 21 heavy (non-hydrogen) atoms. The van der Waals surface area contributed by atoms with Crippen LogP contribution in [-0.4, -0.2) is 34.8 Å². The van der Waals surface area contributed by atoms with Crippen LogP contribution in [-0.2, 0) is 9.59 Å². The molecule has 0 aliphatic rings. The predicted molar refractivity (Wildman–Crippen MR) is 68.3 cm³/mol. The number of thioether (sulfide) groups is 1. The van der Waals surface area contributed by atoms with Crippen molar-refractivity contribution >= 4 is 23.6 Å². The third-order valence-electron chi connectivity index (χ3n) is 2.44. The Balaban J connectivity index is 2.58. The standard InChI is InChI=1S/C12H11F4NO3S/c13-8-3-1-7(2-4-8)9(11(19)20)5-17-10(18)6-21-12(14,15)16/h1-4,9H,5-6H2,(H,17,18)(H,19,20). The van der Waals surface area contributed by atoms with E-state index in [0.29, 0.717) is 0 Å². The van der Waals surface area contributed by atoms with Gasteiger partial charge in [-0.15, -0.1) is 0 Å². The highest BCUT2D eigenvalue weighted by Gasteiger charge is 2.29. The number of amides is 1. The van der Waals surface area contributed by atoms with Gasteiger partial charge in [-0.2, -0.15) is 13.2 Å². The second-order valence-electron chi connectivity index (χ2n) is 3.98. The van der Waals surface area contributed by atoms with Gasteiger partial charge in [0.15, 0.2) is 0 Å². The minimum Gasteiger partial charge on any atom is -0.481 e. The highest BCUT2D eigenvalue weighted by Crippen LogP contribution is 2.29. The van der Waals surface area contributed by atoms with Gasteiger partial charge in [0.2, 0.25) is 5.91 Å². The maximum atomic E-state index is 12.8. The topological polar surface area (TPSA) is 66.4 Å². The summed E-state index contributed by atoms with van der Waals surface area (Å²) in [7, 11) is 0. The Morgan fingerprint density at radius 3 is 2.29 bits per heavy atom. The molecule has 0 aliphatic carbocycles. The second kappa shape index (κ2) is 7.30. The van der Waals surface area contributed by atoms with Crippen LogP contribution in [0.2, 0.25) is 0 Å². The normalized spacial score (nSPS) is 12.8. The Kier molecular flexibility index (Phi) is 6.01. The van der Waals surface area contributed by atoms with Crippen LogP contribution in [0.5, 0.6) is 0 Å². The van der Waals surface area contributed by atoms with E-state index in [1.54, 1.807) is 0 Å². The monoisotopic (exact) mass is 325 g/mol. The first-order valence-electron chi connectivity index (χ1n) is 5.64. The van der Waals surface area contributed by atoms with Crippen molar-refractivity contribution in [1.82, 2.24) is 5.32 Å². The van der Waals surface area contributed by atoms with E-state index in [2.05, 4.69) is 5.32 Å². The lowest BCUT2D eigenvalue weighted by molar-refractivity contribution is -0.138. The Labute approximate surface area is 121 Å². The van der Waals surface area contributed by atoms with Gasteiger partial charge in [0.05, 0.1) is 11.7 Å². The summed E-state index contributed by atoms with van der Waals surface area (Å²) in [5, 5.41) is 11.2. The summed E-state index contributed by atoms with van der Waals surface area (Å²) in [6.45, 7) is -0.377. The van der Waals surface area contributed by atoms with Crippen molar-refractivity contribution < 1.29 is 32.3 Å². The Morgan fingerprint density at radius 2 is 1.81 bits per heavy atom. The van der Waals surface area contributed by atoms with E-state index in [9.17, 15) is 27.2 Å². The van der Waals surface area contributed by atoms with Crippen molar-refractivity contribution in [2.45, 2.75) is 11.4 Å². The number of carbonyl (C=O) groups is 2. The molecule has 0 saturated carbocycles. The molecular formula is C12H11F4NO3S. The van der Waals surface area contributed by atoms with E-state index in [4.69, 9.17) is 5.11 Å². The van der Waals surface area contributed by atoms with Gasteiger partial charge in [-0.05, 0) is 29.5 Å². The van der Waals surface area contributed by atoms with Crippen LogP contribution in [0.4, 0.5) is 17.6 Å². The Hall–Kier alpha value is -1.77. The molecule has 0 saturated heterocycles. The Morgan fingerprint density at radius 1 is 1.24 bits per heavy atom. The first-order chi connectivity index (χ1) is 9.69. The second-order valence-corrected chi connectivity index (χ2v) is 5.02. The number of aliphatic carboxylic acids is 1. The summed E-state index contributed by atoms with van der Waals surface area (Å²) in [6, 6.07) is 4.61. The average molecular weight is 325 g/mol.